The summed E-state index contributed by atoms with van der Waals surface area (Å²) < 4.78 is 0. The van der Waals surface area contributed by atoms with Gasteiger partial charge in [-0.3, -0.25) is 0 Å². The first kappa shape index (κ1) is 13.9. The Labute approximate surface area is 113 Å². The molecular formula is C17H29N. The van der Waals surface area contributed by atoms with Crippen molar-refractivity contribution in [2.24, 2.45) is 23.7 Å². The fourth-order valence-corrected chi connectivity index (χ4v) is 3.98. The van der Waals surface area contributed by atoms with Gasteiger partial charge in [-0.05, 0) is 43.4 Å². The fraction of sp³-hybridized carbons (Fsp3) is 0.941. The molecule has 0 amide bonds. The van der Waals surface area contributed by atoms with Crippen LogP contribution in [0.15, 0.2) is 0 Å². The van der Waals surface area contributed by atoms with Gasteiger partial charge in [0, 0.05) is 5.92 Å². The zero-order chi connectivity index (χ0) is 12.8. The fourth-order valence-electron chi connectivity index (χ4n) is 3.98. The van der Waals surface area contributed by atoms with Gasteiger partial charge >= 0.3 is 0 Å². The summed E-state index contributed by atoms with van der Waals surface area (Å²) in [5.41, 5.74) is 0. The highest BCUT2D eigenvalue weighted by Crippen LogP contribution is 2.36. The molecule has 2 fully saturated rings. The van der Waals surface area contributed by atoms with Crippen molar-refractivity contribution in [1.82, 2.24) is 0 Å². The van der Waals surface area contributed by atoms with Crippen LogP contribution in [0.2, 0.25) is 0 Å². The van der Waals surface area contributed by atoms with E-state index in [4.69, 9.17) is 5.26 Å². The lowest BCUT2D eigenvalue weighted by Crippen LogP contribution is -2.17. The van der Waals surface area contributed by atoms with Crippen molar-refractivity contribution in [2.45, 2.75) is 77.6 Å². The molecule has 0 unspecified atom stereocenters. The predicted molar refractivity (Wildman–Crippen MR) is 76.0 cm³/mol. The Hall–Kier alpha value is -0.510. The van der Waals surface area contributed by atoms with Crippen molar-refractivity contribution in [3.63, 3.8) is 0 Å². The van der Waals surface area contributed by atoms with Crippen LogP contribution >= 0.6 is 0 Å². The molecule has 2 aliphatic rings. The molecule has 0 aliphatic heterocycles. The van der Waals surface area contributed by atoms with Crippen LogP contribution in [0.25, 0.3) is 0 Å². The molecule has 0 bridgehead atoms. The quantitative estimate of drug-likeness (QED) is 0.660. The van der Waals surface area contributed by atoms with Crippen LogP contribution < -0.4 is 0 Å². The smallest absolute Gasteiger partial charge is 0.0655 e. The molecule has 2 rings (SSSR count). The third-order valence-electron chi connectivity index (χ3n) is 5.56. The third kappa shape index (κ3) is 4.01. The average molecular weight is 247 g/mol. The Bertz CT molecular complexity index is 262. The molecule has 0 heterocycles. The molecule has 0 saturated heterocycles. The highest BCUT2D eigenvalue weighted by Gasteiger charge is 2.24. The van der Waals surface area contributed by atoms with Gasteiger partial charge < -0.3 is 0 Å². The van der Waals surface area contributed by atoms with Crippen LogP contribution in [0, 0.1) is 35.0 Å². The van der Waals surface area contributed by atoms with Crippen molar-refractivity contribution >= 4 is 0 Å². The van der Waals surface area contributed by atoms with E-state index in [2.05, 4.69) is 13.0 Å². The Kier molecular flexibility index (Phi) is 5.54. The first-order valence-electron chi connectivity index (χ1n) is 8.21. The molecule has 0 spiro atoms. The van der Waals surface area contributed by atoms with Crippen molar-refractivity contribution in [2.75, 3.05) is 0 Å². The lowest BCUT2D eigenvalue weighted by Gasteiger charge is -2.30. The van der Waals surface area contributed by atoms with E-state index in [1.54, 1.807) is 0 Å². The maximum Gasteiger partial charge on any atom is 0.0655 e. The number of rotatable bonds is 4. The molecule has 0 radical (unpaired) electrons. The van der Waals surface area contributed by atoms with Crippen LogP contribution in [0.3, 0.4) is 0 Å². The molecular weight excluding hydrogens is 218 g/mol. The zero-order valence-corrected chi connectivity index (χ0v) is 12.0. The van der Waals surface area contributed by atoms with Gasteiger partial charge in [0.1, 0.15) is 0 Å². The van der Waals surface area contributed by atoms with Crippen molar-refractivity contribution in [1.29, 1.82) is 5.26 Å². The normalized spacial score (nSPS) is 37.1. The lowest BCUT2D eigenvalue weighted by atomic mass is 9.75. The molecule has 0 aromatic rings. The van der Waals surface area contributed by atoms with Gasteiger partial charge in [0.25, 0.3) is 0 Å². The highest BCUT2D eigenvalue weighted by molar-refractivity contribution is 4.87. The number of hydrogen-bond donors (Lipinski definition) is 0. The lowest BCUT2D eigenvalue weighted by molar-refractivity contribution is 0.225. The van der Waals surface area contributed by atoms with E-state index in [1.807, 2.05) is 0 Å². The Morgan fingerprint density at radius 3 is 1.67 bits per heavy atom. The molecule has 0 aromatic carbocycles. The SMILES string of the molecule is CCC1CCC(CCC2CCC(C#N)CC2)CC1. The van der Waals surface area contributed by atoms with Crippen molar-refractivity contribution in [3.05, 3.63) is 0 Å². The first-order valence-corrected chi connectivity index (χ1v) is 8.21. The Balaban J connectivity index is 1.60. The molecule has 0 atom stereocenters. The topological polar surface area (TPSA) is 23.8 Å². The summed E-state index contributed by atoms with van der Waals surface area (Å²) in [5, 5.41) is 8.91. The van der Waals surface area contributed by atoms with Crippen molar-refractivity contribution in [3.8, 4) is 6.07 Å². The standard InChI is InChI=1S/C17H29N/c1-2-14-3-5-15(6-4-14)7-8-16-9-11-17(13-18)12-10-16/h14-17H,2-12H2,1H3. The molecule has 2 saturated carbocycles. The summed E-state index contributed by atoms with van der Waals surface area (Å²) in [5.74, 6) is 3.38. The van der Waals surface area contributed by atoms with Gasteiger partial charge in [-0.2, -0.15) is 5.26 Å². The second-order valence-electron chi connectivity index (χ2n) is 6.72. The van der Waals surface area contributed by atoms with Gasteiger partial charge in [-0.1, -0.05) is 51.9 Å². The minimum atomic E-state index is 0.376. The summed E-state index contributed by atoms with van der Waals surface area (Å²) in [6.07, 6.45) is 15.3. The molecule has 0 aromatic heterocycles. The number of nitrogens with zero attached hydrogens (tertiary/aromatic N) is 1. The van der Waals surface area contributed by atoms with Gasteiger partial charge in [0.15, 0.2) is 0 Å². The van der Waals surface area contributed by atoms with E-state index in [-0.39, 0.29) is 0 Å². The molecule has 18 heavy (non-hydrogen) atoms. The second kappa shape index (κ2) is 7.17. The van der Waals surface area contributed by atoms with Gasteiger partial charge in [0.2, 0.25) is 0 Å². The van der Waals surface area contributed by atoms with E-state index in [1.165, 1.54) is 70.6 Å². The second-order valence-corrected chi connectivity index (χ2v) is 6.72. The van der Waals surface area contributed by atoms with Crippen LogP contribution in [0.4, 0.5) is 0 Å². The van der Waals surface area contributed by atoms with E-state index < -0.39 is 0 Å². The van der Waals surface area contributed by atoms with Gasteiger partial charge in [-0.15, -0.1) is 0 Å². The summed E-state index contributed by atoms with van der Waals surface area (Å²) in [7, 11) is 0. The average Bonchev–Trinajstić information content (AvgIpc) is 2.46. The summed E-state index contributed by atoms with van der Waals surface area (Å²) >= 11 is 0. The van der Waals surface area contributed by atoms with E-state index >= 15 is 0 Å². The number of nitriles is 1. The van der Waals surface area contributed by atoms with E-state index in [9.17, 15) is 0 Å². The van der Waals surface area contributed by atoms with E-state index in [0.29, 0.717) is 5.92 Å². The van der Waals surface area contributed by atoms with Crippen LogP contribution in [0.1, 0.15) is 77.6 Å². The van der Waals surface area contributed by atoms with Crippen LogP contribution in [-0.2, 0) is 0 Å². The minimum Gasteiger partial charge on any atom is -0.198 e. The highest BCUT2D eigenvalue weighted by atomic mass is 14.3. The number of hydrogen-bond acceptors (Lipinski definition) is 1. The first-order chi connectivity index (χ1) is 8.81. The largest absolute Gasteiger partial charge is 0.198 e. The predicted octanol–water partition coefficient (Wildman–Crippen LogP) is 5.31. The molecule has 0 N–H and O–H groups in total. The summed E-state index contributed by atoms with van der Waals surface area (Å²) in [6, 6.07) is 2.44. The zero-order valence-electron chi connectivity index (χ0n) is 12.0. The van der Waals surface area contributed by atoms with Gasteiger partial charge in [-0.25, -0.2) is 0 Å². The van der Waals surface area contributed by atoms with Crippen molar-refractivity contribution < 1.29 is 0 Å². The van der Waals surface area contributed by atoms with Crippen LogP contribution in [-0.4, -0.2) is 0 Å². The molecule has 1 nitrogen and oxygen atoms in total. The summed E-state index contributed by atoms with van der Waals surface area (Å²) in [4.78, 5) is 0. The van der Waals surface area contributed by atoms with E-state index in [0.717, 1.165) is 17.8 Å². The molecule has 1 heteroatoms. The Morgan fingerprint density at radius 1 is 0.778 bits per heavy atom. The maximum absolute atomic E-state index is 8.91. The Morgan fingerprint density at radius 2 is 1.22 bits per heavy atom. The molecule has 102 valence electrons. The summed E-state index contributed by atoms with van der Waals surface area (Å²) in [6.45, 7) is 2.35. The van der Waals surface area contributed by atoms with Gasteiger partial charge in [0.05, 0.1) is 6.07 Å². The maximum atomic E-state index is 8.91. The minimum absolute atomic E-state index is 0.376. The molecule has 2 aliphatic carbocycles. The monoisotopic (exact) mass is 247 g/mol. The third-order valence-corrected chi connectivity index (χ3v) is 5.56. The van der Waals surface area contributed by atoms with Crippen LogP contribution in [0.5, 0.6) is 0 Å².